The number of carbonyl (C=O) groups is 1. The molecule has 0 atom stereocenters. The maximum Gasteiger partial charge on any atom is 0.232 e. The first-order valence-corrected chi connectivity index (χ1v) is 8.66. The first-order valence-electron chi connectivity index (χ1n) is 8.66. The SMILES string of the molecule is COc1ccc(-c2cc(C3(C(=O)NCc4ccco4)CC3)no2)cc1OC. The molecule has 2 heterocycles. The van der Waals surface area contributed by atoms with Gasteiger partial charge in [-0.05, 0) is 43.2 Å². The van der Waals surface area contributed by atoms with Gasteiger partial charge in [-0.15, -0.1) is 0 Å². The van der Waals surface area contributed by atoms with Crippen LogP contribution in [0.1, 0.15) is 24.3 Å². The van der Waals surface area contributed by atoms with Crippen LogP contribution in [0.2, 0.25) is 0 Å². The maximum absolute atomic E-state index is 12.7. The number of nitrogens with one attached hydrogen (secondary N) is 1. The standard InChI is InChI=1S/C20H20N2O5/c1-24-15-6-5-13(10-17(15)25-2)16-11-18(22-27-16)20(7-8-20)19(23)21-12-14-4-3-9-26-14/h3-6,9-11H,7-8,12H2,1-2H3,(H,21,23). The van der Waals surface area contributed by atoms with E-state index in [9.17, 15) is 4.79 Å². The Labute approximate surface area is 156 Å². The second-order valence-corrected chi connectivity index (χ2v) is 6.49. The second-order valence-electron chi connectivity index (χ2n) is 6.49. The molecule has 7 nitrogen and oxygen atoms in total. The largest absolute Gasteiger partial charge is 0.493 e. The van der Waals surface area contributed by atoms with Crippen molar-refractivity contribution < 1.29 is 23.2 Å². The number of nitrogens with zero attached hydrogens (tertiary/aromatic N) is 1. The third-order valence-corrected chi connectivity index (χ3v) is 4.86. The van der Waals surface area contributed by atoms with E-state index >= 15 is 0 Å². The number of rotatable bonds is 7. The zero-order valence-electron chi connectivity index (χ0n) is 15.2. The van der Waals surface area contributed by atoms with Gasteiger partial charge in [0.2, 0.25) is 5.91 Å². The van der Waals surface area contributed by atoms with E-state index in [1.54, 1.807) is 32.6 Å². The van der Waals surface area contributed by atoms with Gasteiger partial charge in [-0.2, -0.15) is 0 Å². The molecule has 1 saturated carbocycles. The van der Waals surface area contributed by atoms with Crippen molar-refractivity contribution >= 4 is 5.91 Å². The molecule has 1 aliphatic carbocycles. The number of benzene rings is 1. The van der Waals surface area contributed by atoms with E-state index in [0.717, 1.165) is 18.4 Å². The van der Waals surface area contributed by atoms with Crippen molar-refractivity contribution in [1.82, 2.24) is 10.5 Å². The van der Waals surface area contributed by atoms with Crippen LogP contribution in [0, 0.1) is 0 Å². The number of ether oxygens (including phenoxy) is 2. The molecule has 3 aromatic rings. The fraction of sp³-hybridized carbons (Fsp3) is 0.300. The lowest BCUT2D eigenvalue weighted by molar-refractivity contribution is -0.124. The lowest BCUT2D eigenvalue weighted by Gasteiger charge is -2.11. The van der Waals surface area contributed by atoms with Crippen molar-refractivity contribution in [3.05, 3.63) is 54.1 Å². The molecule has 1 N–H and O–H groups in total. The lowest BCUT2D eigenvalue weighted by atomic mass is 10.00. The zero-order valence-corrected chi connectivity index (χ0v) is 15.2. The minimum Gasteiger partial charge on any atom is -0.493 e. The topological polar surface area (TPSA) is 86.7 Å². The molecule has 7 heteroatoms. The molecule has 0 aliphatic heterocycles. The summed E-state index contributed by atoms with van der Waals surface area (Å²) in [6, 6.07) is 10.9. The number of carbonyl (C=O) groups excluding carboxylic acids is 1. The number of furan rings is 1. The summed E-state index contributed by atoms with van der Waals surface area (Å²) >= 11 is 0. The summed E-state index contributed by atoms with van der Waals surface area (Å²) in [6.07, 6.45) is 3.07. The Bertz CT molecular complexity index is 941. The highest BCUT2D eigenvalue weighted by Crippen LogP contribution is 2.48. The summed E-state index contributed by atoms with van der Waals surface area (Å²) in [5.41, 5.74) is 0.827. The van der Waals surface area contributed by atoms with E-state index in [4.69, 9.17) is 18.4 Å². The van der Waals surface area contributed by atoms with Gasteiger partial charge in [0, 0.05) is 11.6 Å². The van der Waals surface area contributed by atoms with Crippen molar-refractivity contribution in [1.29, 1.82) is 0 Å². The van der Waals surface area contributed by atoms with E-state index in [1.807, 2.05) is 24.3 Å². The van der Waals surface area contributed by atoms with Crippen LogP contribution in [0.4, 0.5) is 0 Å². The summed E-state index contributed by atoms with van der Waals surface area (Å²) in [5, 5.41) is 7.08. The van der Waals surface area contributed by atoms with Crippen LogP contribution in [-0.2, 0) is 16.8 Å². The molecule has 27 heavy (non-hydrogen) atoms. The predicted molar refractivity (Wildman–Crippen MR) is 96.5 cm³/mol. The van der Waals surface area contributed by atoms with E-state index in [1.165, 1.54) is 0 Å². The molecule has 4 rings (SSSR count). The molecule has 0 spiro atoms. The molecule has 140 valence electrons. The van der Waals surface area contributed by atoms with Crippen molar-refractivity contribution in [2.24, 2.45) is 0 Å². The van der Waals surface area contributed by atoms with Crippen molar-refractivity contribution in [2.75, 3.05) is 14.2 Å². The van der Waals surface area contributed by atoms with Gasteiger partial charge < -0.3 is 23.7 Å². The van der Waals surface area contributed by atoms with Crippen molar-refractivity contribution in [3.63, 3.8) is 0 Å². The highest BCUT2D eigenvalue weighted by atomic mass is 16.5. The quantitative estimate of drug-likeness (QED) is 0.689. The molecule has 0 unspecified atom stereocenters. The number of methoxy groups -OCH3 is 2. The van der Waals surface area contributed by atoms with Crippen LogP contribution >= 0.6 is 0 Å². The Morgan fingerprint density at radius 3 is 2.67 bits per heavy atom. The van der Waals surface area contributed by atoms with Gasteiger partial charge in [0.05, 0.1) is 38.1 Å². The number of hydrogen-bond donors (Lipinski definition) is 1. The van der Waals surface area contributed by atoms with Crippen molar-refractivity contribution in [2.45, 2.75) is 24.8 Å². The minimum absolute atomic E-state index is 0.0638. The van der Waals surface area contributed by atoms with Gasteiger partial charge in [-0.25, -0.2) is 0 Å². The predicted octanol–water partition coefficient (Wildman–Crippen LogP) is 3.30. The summed E-state index contributed by atoms with van der Waals surface area (Å²) in [4.78, 5) is 12.7. The second kappa shape index (κ2) is 6.83. The van der Waals surface area contributed by atoms with Gasteiger partial charge in [0.1, 0.15) is 5.76 Å². The molecule has 1 amide bonds. The molecule has 1 aromatic carbocycles. The first-order chi connectivity index (χ1) is 13.2. The van der Waals surface area contributed by atoms with E-state index in [0.29, 0.717) is 35.3 Å². The summed E-state index contributed by atoms with van der Waals surface area (Å²) in [7, 11) is 3.16. The first kappa shape index (κ1) is 17.2. The molecular formula is C20H20N2O5. The molecule has 0 bridgehead atoms. The number of hydrogen-bond acceptors (Lipinski definition) is 6. The van der Waals surface area contributed by atoms with Gasteiger partial charge >= 0.3 is 0 Å². The normalized spacial score (nSPS) is 14.6. The molecule has 0 saturated heterocycles. The Hall–Kier alpha value is -3.22. The molecule has 1 aliphatic rings. The fourth-order valence-electron chi connectivity index (χ4n) is 3.10. The third-order valence-electron chi connectivity index (χ3n) is 4.86. The summed E-state index contributed by atoms with van der Waals surface area (Å²) in [6.45, 7) is 0.355. The highest BCUT2D eigenvalue weighted by molar-refractivity contribution is 5.91. The Morgan fingerprint density at radius 1 is 1.19 bits per heavy atom. The summed E-state index contributed by atoms with van der Waals surface area (Å²) in [5.74, 6) is 2.47. The molecular weight excluding hydrogens is 348 g/mol. The van der Waals surface area contributed by atoms with E-state index in [2.05, 4.69) is 10.5 Å². The van der Waals surface area contributed by atoms with E-state index in [-0.39, 0.29) is 5.91 Å². The zero-order chi connectivity index (χ0) is 18.9. The average Bonchev–Trinajstić information content (AvgIpc) is 3.11. The fourth-order valence-corrected chi connectivity index (χ4v) is 3.10. The molecule has 2 aromatic heterocycles. The Balaban J connectivity index is 1.52. The molecule has 0 radical (unpaired) electrons. The number of amides is 1. The summed E-state index contributed by atoms with van der Waals surface area (Å²) < 4.78 is 21.3. The van der Waals surface area contributed by atoms with Gasteiger partial charge in [-0.1, -0.05) is 5.16 Å². The number of aromatic nitrogens is 1. The van der Waals surface area contributed by atoms with Gasteiger partial charge in [0.25, 0.3) is 0 Å². The smallest absolute Gasteiger partial charge is 0.232 e. The monoisotopic (exact) mass is 368 g/mol. The lowest BCUT2D eigenvalue weighted by Crippen LogP contribution is -2.34. The van der Waals surface area contributed by atoms with Gasteiger partial charge in [-0.3, -0.25) is 4.79 Å². The van der Waals surface area contributed by atoms with Gasteiger partial charge in [0.15, 0.2) is 17.3 Å². The Morgan fingerprint density at radius 2 is 2.00 bits per heavy atom. The third kappa shape index (κ3) is 3.16. The average molecular weight is 368 g/mol. The van der Waals surface area contributed by atoms with Crippen LogP contribution in [0.15, 0.2) is 51.6 Å². The van der Waals surface area contributed by atoms with Crippen LogP contribution in [0.25, 0.3) is 11.3 Å². The Kier molecular flexibility index (Phi) is 4.35. The maximum atomic E-state index is 12.7. The molecule has 1 fully saturated rings. The minimum atomic E-state index is -0.620. The van der Waals surface area contributed by atoms with Crippen LogP contribution in [0.3, 0.4) is 0 Å². The van der Waals surface area contributed by atoms with Crippen LogP contribution < -0.4 is 14.8 Å². The van der Waals surface area contributed by atoms with Crippen molar-refractivity contribution in [3.8, 4) is 22.8 Å². The van der Waals surface area contributed by atoms with Crippen LogP contribution in [0.5, 0.6) is 11.5 Å². The van der Waals surface area contributed by atoms with Crippen LogP contribution in [-0.4, -0.2) is 25.3 Å². The highest BCUT2D eigenvalue weighted by Gasteiger charge is 2.53. The van der Waals surface area contributed by atoms with E-state index < -0.39 is 5.41 Å².